The molecule has 1 saturated carbocycles. The second-order valence-corrected chi connectivity index (χ2v) is 6.23. The number of aliphatic hydroxyl groups is 3. The number of hydrogen-bond acceptors (Lipinski definition) is 6. The highest BCUT2D eigenvalue weighted by atomic mass is 32.1. The summed E-state index contributed by atoms with van der Waals surface area (Å²) in [5, 5.41) is 32.8. The second-order valence-electron chi connectivity index (χ2n) is 5.45. The molecule has 8 heteroatoms. The smallest absolute Gasteiger partial charge is 0.328 e. The lowest BCUT2D eigenvalue weighted by atomic mass is 10.1. The Hall–Kier alpha value is -1.74. The van der Waals surface area contributed by atoms with Gasteiger partial charge in [0.25, 0.3) is 5.56 Å². The van der Waals surface area contributed by atoms with Crippen molar-refractivity contribution in [3.63, 3.8) is 0 Å². The maximum atomic E-state index is 12.1. The van der Waals surface area contributed by atoms with Crippen LogP contribution in [0.5, 0.6) is 0 Å². The Bertz CT molecular complexity index is 766. The largest absolute Gasteiger partial charge is 0.396 e. The first-order valence-corrected chi connectivity index (χ1v) is 7.82. The Morgan fingerprint density at radius 1 is 1.32 bits per heavy atom. The van der Waals surface area contributed by atoms with Gasteiger partial charge in [0.05, 0.1) is 17.7 Å². The average molecular weight is 324 g/mol. The SMILES string of the molecule is O=c1[nH]c(=O)n([C@@H]2C[C@H](CO)[C@@H](O)[C@H]2O)cc1-c1ccsc1. The van der Waals surface area contributed by atoms with Gasteiger partial charge in [-0.15, -0.1) is 0 Å². The zero-order valence-corrected chi connectivity index (χ0v) is 12.4. The number of aliphatic hydroxyl groups excluding tert-OH is 3. The molecule has 2 aromatic rings. The summed E-state index contributed by atoms with van der Waals surface area (Å²) >= 11 is 1.43. The van der Waals surface area contributed by atoms with Gasteiger partial charge in [0.1, 0.15) is 6.10 Å². The van der Waals surface area contributed by atoms with Crippen molar-refractivity contribution in [1.29, 1.82) is 0 Å². The minimum Gasteiger partial charge on any atom is -0.396 e. The zero-order valence-electron chi connectivity index (χ0n) is 11.5. The third-order valence-electron chi connectivity index (χ3n) is 4.16. The van der Waals surface area contributed by atoms with Crippen molar-refractivity contribution in [2.75, 3.05) is 6.61 Å². The highest BCUT2D eigenvalue weighted by Gasteiger charge is 2.42. The first-order valence-electron chi connectivity index (χ1n) is 6.88. The van der Waals surface area contributed by atoms with Crippen molar-refractivity contribution in [2.45, 2.75) is 24.7 Å². The standard InChI is InChI=1S/C14H16N2O5S/c17-5-8-3-10(12(19)11(8)18)16-4-9(7-1-2-22-6-7)13(20)15-14(16)21/h1-2,4,6,8,10-12,17-19H,3,5H2,(H,15,20,21)/t8-,10-,11-,12+/m1/s1. The van der Waals surface area contributed by atoms with Gasteiger partial charge in [0.2, 0.25) is 0 Å². The van der Waals surface area contributed by atoms with Crippen LogP contribution in [0.25, 0.3) is 11.1 Å². The van der Waals surface area contributed by atoms with Crippen LogP contribution in [0.3, 0.4) is 0 Å². The van der Waals surface area contributed by atoms with Crippen LogP contribution in [0.1, 0.15) is 12.5 Å². The van der Waals surface area contributed by atoms with Crippen LogP contribution in [0.4, 0.5) is 0 Å². The predicted molar refractivity (Wildman–Crippen MR) is 80.9 cm³/mol. The maximum Gasteiger partial charge on any atom is 0.328 e. The van der Waals surface area contributed by atoms with Gasteiger partial charge in [0, 0.05) is 18.7 Å². The molecule has 4 atom stereocenters. The molecule has 0 amide bonds. The summed E-state index contributed by atoms with van der Waals surface area (Å²) in [6.07, 6.45) is -0.605. The van der Waals surface area contributed by atoms with Crippen LogP contribution < -0.4 is 11.2 Å². The van der Waals surface area contributed by atoms with Crippen molar-refractivity contribution < 1.29 is 15.3 Å². The van der Waals surface area contributed by atoms with Crippen LogP contribution in [0.2, 0.25) is 0 Å². The van der Waals surface area contributed by atoms with Crippen molar-refractivity contribution in [2.24, 2.45) is 5.92 Å². The normalized spacial score (nSPS) is 28.1. The van der Waals surface area contributed by atoms with Crippen molar-refractivity contribution in [3.8, 4) is 11.1 Å². The summed E-state index contributed by atoms with van der Waals surface area (Å²) in [4.78, 5) is 26.2. The fourth-order valence-electron chi connectivity index (χ4n) is 2.91. The van der Waals surface area contributed by atoms with Crippen LogP contribution in [0, 0.1) is 5.92 Å². The molecule has 0 saturated heterocycles. The first-order chi connectivity index (χ1) is 10.5. The van der Waals surface area contributed by atoms with E-state index >= 15 is 0 Å². The van der Waals surface area contributed by atoms with E-state index in [1.807, 2.05) is 5.38 Å². The van der Waals surface area contributed by atoms with E-state index in [2.05, 4.69) is 4.98 Å². The molecule has 1 fully saturated rings. The van der Waals surface area contributed by atoms with Crippen LogP contribution in [0.15, 0.2) is 32.6 Å². The Morgan fingerprint density at radius 3 is 2.68 bits per heavy atom. The van der Waals surface area contributed by atoms with E-state index in [9.17, 15) is 24.9 Å². The lowest BCUT2D eigenvalue weighted by Crippen LogP contribution is -2.37. The molecule has 2 heterocycles. The molecule has 118 valence electrons. The molecule has 0 aromatic carbocycles. The van der Waals surface area contributed by atoms with Gasteiger partial charge in [-0.3, -0.25) is 14.3 Å². The Morgan fingerprint density at radius 2 is 2.09 bits per heavy atom. The minimum absolute atomic E-state index is 0.258. The number of thiophene rings is 1. The van der Waals surface area contributed by atoms with E-state index in [0.717, 1.165) is 0 Å². The molecule has 2 aromatic heterocycles. The topological polar surface area (TPSA) is 116 Å². The highest BCUT2D eigenvalue weighted by molar-refractivity contribution is 7.08. The molecule has 0 aliphatic heterocycles. The summed E-state index contributed by atoms with van der Waals surface area (Å²) in [6.45, 7) is -0.274. The van der Waals surface area contributed by atoms with Crippen LogP contribution in [-0.2, 0) is 0 Å². The summed E-state index contributed by atoms with van der Waals surface area (Å²) in [5.74, 6) is -0.497. The van der Waals surface area contributed by atoms with Gasteiger partial charge in [-0.25, -0.2) is 4.79 Å². The van der Waals surface area contributed by atoms with E-state index in [1.165, 1.54) is 22.1 Å². The lowest BCUT2D eigenvalue weighted by Gasteiger charge is -2.19. The fraction of sp³-hybridized carbons (Fsp3) is 0.429. The summed E-state index contributed by atoms with van der Waals surface area (Å²) in [7, 11) is 0. The van der Waals surface area contributed by atoms with Gasteiger partial charge in [0.15, 0.2) is 0 Å². The highest BCUT2D eigenvalue weighted by Crippen LogP contribution is 2.34. The zero-order chi connectivity index (χ0) is 15.9. The van der Waals surface area contributed by atoms with E-state index < -0.39 is 35.4 Å². The second kappa shape index (κ2) is 5.81. The monoisotopic (exact) mass is 324 g/mol. The van der Waals surface area contributed by atoms with Gasteiger partial charge < -0.3 is 15.3 Å². The Balaban J connectivity index is 2.07. The van der Waals surface area contributed by atoms with E-state index in [0.29, 0.717) is 11.1 Å². The summed E-state index contributed by atoms with van der Waals surface area (Å²) in [6, 6.07) is 1.08. The number of nitrogens with one attached hydrogen (secondary N) is 1. The summed E-state index contributed by atoms with van der Waals surface area (Å²) in [5.41, 5.74) is -0.119. The number of H-pyrrole nitrogens is 1. The lowest BCUT2D eigenvalue weighted by molar-refractivity contribution is -0.00454. The first kappa shape index (κ1) is 15.2. The molecular weight excluding hydrogens is 308 g/mol. The van der Waals surface area contributed by atoms with Crippen LogP contribution in [-0.4, -0.2) is 43.7 Å². The maximum absolute atomic E-state index is 12.1. The van der Waals surface area contributed by atoms with Crippen molar-refractivity contribution >= 4 is 11.3 Å². The molecule has 4 N–H and O–H groups in total. The van der Waals surface area contributed by atoms with Crippen molar-refractivity contribution in [1.82, 2.24) is 9.55 Å². The van der Waals surface area contributed by atoms with E-state index in [-0.39, 0.29) is 13.0 Å². The fourth-order valence-corrected chi connectivity index (χ4v) is 3.57. The molecule has 7 nitrogen and oxygen atoms in total. The predicted octanol–water partition coefficient (Wildman–Crippen LogP) is -0.460. The number of nitrogens with zero attached hydrogens (tertiary/aromatic N) is 1. The van der Waals surface area contributed by atoms with Gasteiger partial charge in [-0.1, -0.05) is 0 Å². The van der Waals surface area contributed by atoms with Crippen molar-refractivity contribution in [3.05, 3.63) is 43.9 Å². The quantitative estimate of drug-likeness (QED) is 0.610. The molecule has 1 aliphatic carbocycles. The molecular formula is C14H16N2O5S. The molecule has 0 unspecified atom stereocenters. The van der Waals surface area contributed by atoms with Gasteiger partial charge in [-0.05, 0) is 28.8 Å². The third-order valence-corrected chi connectivity index (χ3v) is 4.85. The molecule has 22 heavy (non-hydrogen) atoms. The molecule has 0 bridgehead atoms. The Kier molecular flexibility index (Phi) is 4.00. The number of rotatable bonds is 3. The third kappa shape index (κ3) is 2.44. The van der Waals surface area contributed by atoms with Crippen LogP contribution >= 0.6 is 11.3 Å². The molecule has 0 spiro atoms. The van der Waals surface area contributed by atoms with E-state index in [1.54, 1.807) is 11.4 Å². The Labute approximate surface area is 129 Å². The minimum atomic E-state index is -1.17. The molecule has 0 radical (unpaired) electrons. The summed E-state index contributed by atoms with van der Waals surface area (Å²) < 4.78 is 1.23. The average Bonchev–Trinajstić information content (AvgIpc) is 3.10. The molecule has 1 aliphatic rings. The number of aromatic nitrogens is 2. The number of aromatic amines is 1. The van der Waals surface area contributed by atoms with Gasteiger partial charge >= 0.3 is 5.69 Å². The number of hydrogen-bond donors (Lipinski definition) is 4. The van der Waals surface area contributed by atoms with E-state index in [4.69, 9.17) is 0 Å². The molecule has 3 rings (SSSR count). The van der Waals surface area contributed by atoms with Gasteiger partial charge in [-0.2, -0.15) is 11.3 Å².